The fourth-order valence-corrected chi connectivity index (χ4v) is 15.6. The lowest BCUT2D eigenvalue weighted by Gasteiger charge is -2.18. The van der Waals surface area contributed by atoms with Crippen LogP contribution in [0.1, 0.15) is 45.7 Å². The Kier molecular flexibility index (Phi) is 15.1. The third kappa shape index (κ3) is 10.7. The zero-order chi connectivity index (χ0) is 69.2. The second-order valence-electron chi connectivity index (χ2n) is 26.6. The van der Waals surface area contributed by atoms with Crippen molar-refractivity contribution in [3.05, 3.63) is 391 Å². The van der Waals surface area contributed by atoms with Gasteiger partial charge in [0.2, 0.25) is 0 Å². The number of aromatic nitrogens is 4. The molecular formula is C94H66N10. The first-order valence-corrected chi connectivity index (χ1v) is 35.2. The molecule has 0 aliphatic heterocycles. The third-order valence-electron chi connectivity index (χ3n) is 20.5. The molecule has 10 heteroatoms. The van der Waals surface area contributed by atoms with Crippen LogP contribution in [0.4, 0.5) is 0 Å². The van der Waals surface area contributed by atoms with Gasteiger partial charge in [-0.25, -0.2) is 9.98 Å². The number of benzene rings is 14. The van der Waals surface area contributed by atoms with E-state index in [1.807, 2.05) is 48.5 Å². The molecule has 0 saturated carbocycles. The lowest BCUT2D eigenvalue weighted by atomic mass is 9.87. The maximum atomic E-state index is 9.88. The molecule has 18 aromatic rings. The van der Waals surface area contributed by atoms with Gasteiger partial charge in [0.25, 0.3) is 0 Å². The first-order valence-electron chi connectivity index (χ1n) is 35.2. The SMILES string of the molecule is N=C(N=C(Nn1c2ccccc2c2c1ccc1c3ccccc3n(-c3ccccc3)c12)c1ccccc1)c1ccc(-c2cccc(-c3ccc(C(=NC(=N)c4cccc(C5C=C(c6ccccc6)C=CC5)c4)Nn4c5ccccc5c5c4ccc4c6ccccc6n(-c6ccccc6)c45)cc3)c2)cc1. The predicted molar refractivity (Wildman–Crippen MR) is 434 cm³/mol. The summed E-state index contributed by atoms with van der Waals surface area (Å²) in [6.45, 7) is 0. The van der Waals surface area contributed by atoms with Crippen LogP contribution < -0.4 is 10.9 Å². The molecule has 4 heterocycles. The topological polar surface area (TPSA) is 116 Å². The quantitative estimate of drug-likeness (QED) is 0.0721. The van der Waals surface area contributed by atoms with Crippen molar-refractivity contribution < 1.29 is 0 Å². The molecule has 104 heavy (non-hydrogen) atoms. The number of nitrogens with one attached hydrogen (secondary N) is 4. The van der Waals surface area contributed by atoms with E-state index in [0.717, 1.165) is 128 Å². The number of nitrogens with zero attached hydrogens (tertiary/aromatic N) is 6. The normalized spacial score (nSPS) is 13.5. The first kappa shape index (κ1) is 61.2. The van der Waals surface area contributed by atoms with Crippen LogP contribution in [0.25, 0.3) is 126 Å². The summed E-state index contributed by atoms with van der Waals surface area (Å²) in [5.41, 5.74) is 29.0. The molecule has 0 radical (unpaired) electrons. The molecule has 14 aromatic carbocycles. The molecular weight excluding hydrogens is 1270 g/mol. The van der Waals surface area contributed by atoms with Crippen LogP contribution >= 0.6 is 0 Å². The van der Waals surface area contributed by atoms with Gasteiger partial charge in [0.05, 0.1) is 44.1 Å². The molecule has 1 atom stereocenters. The highest BCUT2D eigenvalue weighted by molar-refractivity contribution is 6.28. The highest BCUT2D eigenvalue weighted by Gasteiger charge is 2.25. The van der Waals surface area contributed by atoms with Gasteiger partial charge in [-0.15, -0.1) is 0 Å². The Bertz CT molecular complexity index is 6570. The van der Waals surface area contributed by atoms with Crippen molar-refractivity contribution >= 4 is 116 Å². The number of amidine groups is 4. The van der Waals surface area contributed by atoms with Crippen LogP contribution in [0.15, 0.2) is 368 Å². The van der Waals surface area contributed by atoms with Crippen molar-refractivity contribution in [2.75, 3.05) is 10.9 Å². The van der Waals surface area contributed by atoms with Crippen molar-refractivity contribution in [2.45, 2.75) is 12.3 Å². The summed E-state index contributed by atoms with van der Waals surface area (Å²) in [6.07, 6.45) is 7.68. The van der Waals surface area contributed by atoms with Gasteiger partial charge in [-0.05, 0) is 118 Å². The fourth-order valence-electron chi connectivity index (χ4n) is 15.6. The zero-order valence-electron chi connectivity index (χ0n) is 56.5. The Balaban J connectivity index is 0.654. The standard InChI is InChI=1S/C94H66N10/c95-91(97-93(65-26-7-2-8-27-65)99-103-83-44-19-15-40-79(83)87-85(103)56-54-77-75-38-13-17-42-81(75)101(89(77)87)73-34-9-3-10-35-73)64-50-46-62(47-51-64)68-29-21-30-69(58-68)63-48-52-66(53-49-63)94(98-92(96)72-33-23-32-71(60-72)70-31-22-28-67(59-70)61-24-5-1-6-25-61)100-104-84-45-20-16-41-80(84)88-86(104)57-55-78-76-39-14-18-43-82(76)102(90(78)88)74-36-11-4-12-37-74/h1-30,32-60,70H,31H2,(H2,95,97,99)(H2,96,98,100). The van der Waals surface area contributed by atoms with E-state index in [2.05, 4.69) is 339 Å². The lowest BCUT2D eigenvalue weighted by Crippen LogP contribution is -2.25. The molecule has 4 N–H and O–H groups in total. The third-order valence-corrected chi connectivity index (χ3v) is 20.5. The van der Waals surface area contributed by atoms with E-state index < -0.39 is 0 Å². The van der Waals surface area contributed by atoms with Crippen LogP contribution in [-0.2, 0) is 0 Å². The molecule has 1 aliphatic rings. The molecule has 1 unspecified atom stereocenters. The summed E-state index contributed by atoms with van der Waals surface area (Å²) in [5.74, 6) is 1.48. The second-order valence-corrected chi connectivity index (χ2v) is 26.6. The highest BCUT2D eigenvalue weighted by Crippen LogP contribution is 2.43. The van der Waals surface area contributed by atoms with Gasteiger partial charge in [-0.2, -0.15) is 0 Å². The lowest BCUT2D eigenvalue weighted by molar-refractivity contribution is 0.856. The Labute approximate surface area is 600 Å². The summed E-state index contributed by atoms with van der Waals surface area (Å²) in [5, 5.41) is 28.7. The number of allylic oxidation sites excluding steroid dienone is 4. The van der Waals surface area contributed by atoms with E-state index in [1.54, 1.807) is 0 Å². The van der Waals surface area contributed by atoms with Crippen molar-refractivity contribution in [3.63, 3.8) is 0 Å². The zero-order valence-corrected chi connectivity index (χ0v) is 56.5. The van der Waals surface area contributed by atoms with E-state index in [4.69, 9.17) is 9.98 Å². The van der Waals surface area contributed by atoms with E-state index >= 15 is 0 Å². The molecule has 0 spiro atoms. The van der Waals surface area contributed by atoms with Crippen molar-refractivity contribution in [1.82, 2.24) is 18.5 Å². The number of hydrogen-bond donors (Lipinski definition) is 4. The Hall–Kier alpha value is -14.0. The Morgan fingerprint density at radius 3 is 1.26 bits per heavy atom. The van der Waals surface area contributed by atoms with Gasteiger partial charge >= 0.3 is 0 Å². The molecule has 4 aromatic heterocycles. The minimum atomic E-state index is 0.125. The van der Waals surface area contributed by atoms with Crippen LogP contribution in [0.3, 0.4) is 0 Å². The summed E-state index contributed by atoms with van der Waals surface area (Å²) < 4.78 is 9.05. The van der Waals surface area contributed by atoms with Crippen LogP contribution in [0, 0.1) is 10.8 Å². The van der Waals surface area contributed by atoms with E-state index in [1.165, 1.54) is 32.7 Å². The van der Waals surface area contributed by atoms with Gasteiger partial charge in [0, 0.05) is 82.6 Å². The maximum absolute atomic E-state index is 9.88. The molecule has 1 aliphatic carbocycles. The number of fused-ring (bicyclic) bond motifs is 14. The minimum Gasteiger partial charge on any atom is -0.309 e. The van der Waals surface area contributed by atoms with Gasteiger partial charge in [-0.1, -0.05) is 285 Å². The van der Waals surface area contributed by atoms with Crippen molar-refractivity contribution in [2.24, 2.45) is 9.98 Å². The molecule has 0 bridgehead atoms. The van der Waals surface area contributed by atoms with E-state index in [-0.39, 0.29) is 17.6 Å². The molecule has 19 rings (SSSR count). The van der Waals surface area contributed by atoms with Crippen LogP contribution in [0.5, 0.6) is 0 Å². The summed E-state index contributed by atoms with van der Waals surface area (Å²) >= 11 is 0. The van der Waals surface area contributed by atoms with E-state index in [9.17, 15) is 10.8 Å². The Morgan fingerprint density at radius 1 is 0.317 bits per heavy atom. The largest absolute Gasteiger partial charge is 0.309 e. The van der Waals surface area contributed by atoms with Crippen LogP contribution in [-0.4, -0.2) is 41.8 Å². The maximum Gasteiger partial charge on any atom is 0.154 e. The second kappa shape index (κ2) is 25.6. The number of aliphatic imine (C=N–C) groups is 2. The van der Waals surface area contributed by atoms with E-state index in [0.29, 0.717) is 17.2 Å². The van der Waals surface area contributed by atoms with Gasteiger partial charge in [-0.3, -0.25) is 31.0 Å². The van der Waals surface area contributed by atoms with Crippen molar-refractivity contribution in [1.29, 1.82) is 10.8 Å². The number of rotatable bonds is 12. The van der Waals surface area contributed by atoms with Gasteiger partial charge < -0.3 is 9.13 Å². The summed E-state index contributed by atoms with van der Waals surface area (Å²) in [4.78, 5) is 10.4. The smallest absolute Gasteiger partial charge is 0.154 e. The average Bonchev–Trinajstić information content (AvgIpc) is 1.56. The molecule has 0 saturated heterocycles. The van der Waals surface area contributed by atoms with Crippen molar-refractivity contribution in [3.8, 4) is 33.6 Å². The van der Waals surface area contributed by atoms with Gasteiger partial charge in [0.1, 0.15) is 0 Å². The van der Waals surface area contributed by atoms with Crippen LogP contribution in [0.2, 0.25) is 0 Å². The number of hydrogen-bond acceptors (Lipinski definition) is 2. The first-order chi connectivity index (χ1) is 51.4. The Morgan fingerprint density at radius 2 is 0.731 bits per heavy atom. The highest BCUT2D eigenvalue weighted by atomic mass is 15.4. The predicted octanol–water partition coefficient (Wildman–Crippen LogP) is 22.6. The number of para-hydroxylation sites is 6. The summed E-state index contributed by atoms with van der Waals surface area (Å²) in [7, 11) is 0. The monoisotopic (exact) mass is 1330 g/mol. The molecule has 10 nitrogen and oxygen atoms in total. The fraction of sp³-hybridized carbons (Fsp3) is 0.0213. The molecule has 492 valence electrons. The van der Waals surface area contributed by atoms with Gasteiger partial charge in [0.15, 0.2) is 23.3 Å². The average molecular weight is 1340 g/mol. The molecule has 0 amide bonds. The molecule has 0 fully saturated rings. The summed E-state index contributed by atoms with van der Waals surface area (Å²) in [6, 6.07) is 119. The minimum absolute atomic E-state index is 0.125.